The molecule has 37 valence electrons. The van der Waals surface area contributed by atoms with Crippen molar-refractivity contribution in [2.75, 3.05) is 0 Å². The Morgan fingerprint density at radius 2 is 0.500 bits per heavy atom. The molecular formula is BaCl4Mn. The van der Waals surface area contributed by atoms with Crippen LogP contribution in [-0.2, 0) is 17.1 Å². The van der Waals surface area contributed by atoms with Gasteiger partial charge in [0.1, 0.15) is 0 Å². The zero-order chi connectivity index (χ0) is 0. The summed E-state index contributed by atoms with van der Waals surface area (Å²) in [5.74, 6) is 0. The van der Waals surface area contributed by atoms with E-state index in [0.29, 0.717) is 0 Å². The summed E-state index contributed by atoms with van der Waals surface area (Å²) < 4.78 is 0. The molecule has 0 bridgehead atoms. The molecule has 6 heteroatoms. The standard InChI is InChI=1S/Ba.4ClH.Mn/h;4*1H;/q+2;;;;;+2/p-4. The molecule has 0 aliphatic heterocycles. The third-order valence-electron chi connectivity index (χ3n) is 0. The van der Waals surface area contributed by atoms with Crippen molar-refractivity contribution in [2.45, 2.75) is 0 Å². The summed E-state index contributed by atoms with van der Waals surface area (Å²) in [6.07, 6.45) is 0. The summed E-state index contributed by atoms with van der Waals surface area (Å²) >= 11 is 0. The van der Waals surface area contributed by atoms with Crippen LogP contribution in [0.5, 0.6) is 0 Å². The molecule has 0 fully saturated rings. The first-order valence-corrected chi connectivity index (χ1v) is 0. The second-order valence-electron chi connectivity index (χ2n) is 0. The number of hydrogen-bond acceptors (Lipinski definition) is 0. The van der Waals surface area contributed by atoms with Gasteiger partial charge in [-0.2, -0.15) is 0 Å². The Hall–Kier alpha value is 3.25. The minimum absolute atomic E-state index is 0. The van der Waals surface area contributed by atoms with Crippen LogP contribution in [0.1, 0.15) is 0 Å². The molecule has 0 aliphatic rings. The van der Waals surface area contributed by atoms with Crippen molar-refractivity contribution in [3.8, 4) is 0 Å². The van der Waals surface area contributed by atoms with Crippen molar-refractivity contribution in [2.24, 2.45) is 0 Å². The minimum Gasteiger partial charge on any atom is -1.00 e. The Labute approximate surface area is 113 Å². The number of halogens is 4. The quantitative estimate of drug-likeness (QED) is 0.386. The fraction of sp³-hybridized carbons (Fsp3) is 0. The van der Waals surface area contributed by atoms with E-state index in [9.17, 15) is 0 Å². The van der Waals surface area contributed by atoms with Crippen LogP contribution in [0.2, 0.25) is 0 Å². The maximum atomic E-state index is 0. The molecule has 0 aromatic heterocycles. The third kappa shape index (κ3) is 26.8. The zero-order valence-electron chi connectivity index (χ0n) is 2.60. The van der Waals surface area contributed by atoms with Crippen molar-refractivity contribution in [3.63, 3.8) is 0 Å². The molecule has 0 N–H and O–H groups in total. The fourth-order valence-corrected chi connectivity index (χ4v) is 0. The summed E-state index contributed by atoms with van der Waals surface area (Å²) in [6, 6.07) is 0. The van der Waals surface area contributed by atoms with Gasteiger partial charge in [0.05, 0.1) is 0 Å². The first-order chi connectivity index (χ1) is 0. The molecule has 6 heavy (non-hydrogen) atoms. The van der Waals surface area contributed by atoms with Crippen LogP contribution in [0.15, 0.2) is 0 Å². The van der Waals surface area contributed by atoms with E-state index in [0.717, 1.165) is 0 Å². The van der Waals surface area contributed by atoms with Crippen LogP contribution in [0, 0.1) is 0 Å². The molecule has 0 atom stereocenters. The Kier molecular flexibility index (Phi) is 408. The van der Waals surface area contributed by atoms with Gasteiger partial charge < -0.3 is 49.6 Å². The van der Waals surface area contributed by atoms with Crippen molar-refractivity contribution in [1.82, 2.24) is 0 Å². The van der Waals surface area contributed by atoms with Gasteiger partial charge in [-0.1, -0.05) is 0 Å². The fourth-order valence-electron chi connectivity index (χ4n) is 0. The molecule has 0 unspecified atom stereocenters. The summed E-state index contributed by atoms with van der Waals surface area (Å²) in [5.41, 5.74) is 0. The van der Waals surface area contributed by atoms with E-state index >= 15 is 0 Å². The molecule has 0 aliphatic carbocycles. The average Bonchev–Trinajstić information content (AvgIpc) is 0. The van der Waals surface area contributed by atoms with Crippen LogP contribution in [0.4, 0.5) is 0 Å². The van der Waals surface area contributed by atoms with Gasteiger partial charge in [-0.05, 0) is 0 Å². The van der Waals surface area contributed by atoms with Crippen molar-refractivity contribution >= 4 is 48.9 Å². The molecule has 0 heterocycles. The Morgan fingerprint density at radius 3 is 0.500 bits per heavy atom. The molecule has 0 spiro atoms. The summed E-state index contributed by atoms with van der Waals surface area (Å²) in [7, 11) is 0. The second-order valence-corrected chi connectivity index (χ2v) is 0. The van der Waals surface area contributed by atoms with E-state index in [2.05, 4.69) is 0 Å². The van der Waals surface area contributed by atoms with Gasteiger partial charge in [-0.3, -0.25) is 0 Å². The largest absolute Gasteiger partial charge is 2.00 e. The average molecular weight is 334 g/mol. The van der Waals surface area contributed by atoms with Crippen LogP contribution in [0.25, 0.3) is 0 Å². The topological polar surface area (TPSA) is 0 Å². The molecule has 1 radical (unpaired) electrons. The van der Waals surface area contributed by atoms with E-state index in [1.165, 1.54) is 0 Å². The van der Waals surface area contributed by atoms with E-state index in [4.69, 9.17) is 0 Å². The number of hydrogen-bond donors (Lipinski definition) is 0. The Balaban J connectivity index is 0. The zero-order valence-corrected chi connectivity index (χ0v) is 11.2. The number of rotatable bonds is 0. The summed E-state index contributed by atoms with van der Waals surface area (Å²) in [5, 5.41) is 0. The molecule has 0 nitrogen and oxygen atoms in total. The monoisotopic (exact) mass is 333 g/mol. The van der Waals surface area contributed by atoms with Gasteiger partial charge in [0, 0.05) is 0 Å². The van der Waals surface area contributed by atoms with E-state index in [1.807, 2.05) is 0 Å². The molecule has 0 amide bonds. The van der Waals surface area contributed by atoms with E-state index < -0.39 is 0 Å². The molecule has 0 saturated carbocycles. The van der Waals surface area contributed by atoms with E-state index in [-0.39, 0.29) is 116 Å². The van der Waals surface area contributed by atoms with Crippen molar-refractivity contribution in [1.29, 1.82) is 0 Å². The Bertz CT molecular complexity index is 7.51. The maximum absolute atomic E-state index is 0. The predicted octanol–water partition coefficient (Wildman–Crippen LogP) is -12.4. The van der Waals surface area contributed by atoms with Gasteiger partial charge in [-0.15, -0.1) is 0 Å². The minimum atomic E-state index is 0. The molecule has 0 rings (SSSR count). The molecule has 0 aromatic carbocycles. The molecule has 0 saturated heterocycles. The summed E-state index contributed by atoms with van der Waals surface area (Å²) in [4.78, 5) is 0. The smallest absolute Gasteiger partial charge is 1.00 e. The van der Waals surface area contributed by atoms with Crippen LogP contribution < -0.4 is 49.6 Å². The maximum Gasteiger partial charge on any atom is 2.00 e. The van der Waals surface area contributed by atoms with Crippen LogP contribution in [-0.4, -0.2) is 48.9 Å². The van der Waals surface area contributed by atoms with Gasteiger partial charge >= 0.3 is 65.9 Å². The van der Waals surface area contributed by atoms with Gasteiger partial charge in [0.2, 0.25) is 0 Å². The first-order valence-electron chi connectivity index (χ1n) is 0. The second kappa shape index (κ2) is 41.0. The van der Waals surface area contributed by atoms with Gasteiger partial charge in [-0.25, -0.2) is 0 Å². The van der Waals surface area contributed by atoms with Crippen molar-refractivity contribution < 1.29 is 66.7 Å². The van der Waals surface area contributed by atoms with Gasteiger partial charge in [0.15, 0.2) is 0 Å². The van der Waals surface area contributed by atoms with Crippen LogP contribution in [0.3, 0.4) is 0 Å². The van der Waals surface area contributed by atoms with Crippen molar-refractivity contribution in [3.05, 3.63) is 0 Å². The normalized spacial score (nSPS) is 0. The SMILES string of the molecule is [Ba+2].[Cl-].[Cl-].[Cl-].[Cl-].[Mn+2]. The van der Waals surface area contributed by atoms with E-state index in [1.54, 1.807) is 0 Å². The predicted molar refractivity (Wildman–Crippen MR) is 5.75 cm³/mol. The van der Waals surface area contributed by atoms with Gasteiger partial charge in [0.25, 0.3) is 0 Å². The first kappa shape index (κ1) is 59.6. The van der Waals surface area contributed by atoms with Crippen LogP contribution >= 0.6 is 0 Å². The molecule has 0 aromatic rings. The summed E-state index contributed by atoms with van der Waals surface area (Å²) in [6.45, 7) is 0. The third-order valence-corrected chi connectivity index (χ3v) is 0. The Morgan fingerprint density at radius 1 is 0.500 bits per heavy atom. The molecular weight excluding hydrogens is 334 g/mol.